The van der Waals surface area contributed by atoms with Crippen molar-refractivity contribution in [3.8, 4) is 0 Å². The van der Waals surface area contributed by atoms with Crippen molar-refractivity contribution in [2.45, 2.75) is 71.9 Å². The van der Waals surface area contributed by atoms with E-state index in [9.17, 15) is 0 Å². The molecule has 1 unspecified atom stereocenters. The molecule has 0 spiro atoms. The van der Waals surface area contributed by atoms with E-state index in [1.54, 1.807) is 0 Å². The van der Waals surface area contributed by atoms with Gasteiger partial charge in [0.25, 0.3) is 0 Å². The molecule has 0 aliphatic carbocycles. The summed E-state index contributed by atoms with van der Waals surface area (Å²) in [5.74, 6) is 1.94. The standard InChI is InChI=1S/C17H30N4/c1-4-8-15-9-6-7-11-21(15)13-17-19-14(3)12-16(20-17)18-10-5-2/h12,15H,4-11,13H2,1-3H3,(H,18,19,20). The summed E-state index contributed by atoms with van der Waals surface area (Å²) in [5.41, 5.74) is 1.06. The molecule has 0 amide bonds. The number of nitrogens with one attached hydrogen (secondary N) is 1. The first-order chi connectivity index (χ1) is 10.2. The van der Waals surface area contributed by atoms with E-state index in [4.69, 9.17) is 4.98 Å². The van der Waals surface area contributed by atoms with E-state index in [0.717, 1.165) is 42.9 Å². The van der Waals surface area contributed by atoms with Crippen LogP contribution < -0.4 is 5.32 Å². The molecule has 1 fully saturated rings. The van der Waals surface area contributed by atoms with E-state index in [2.05, 4.69) is 36.0 Å². The van der Waals surface area contributed by atoms with Crippen LogP contribution in [0.3, 0.4) is 0 Å². The van der Waals surface area contributed by atoms with Crippen LogP contribution in [-0.4, -0.2) is 34.0 Å². The normalized spacial score (nSPS) is 19.7. The molecule has 0 aromatic carbocycles. The molecule has 1 aliphatic rings. The van der Waals surface area contributed by atoms with Crippen LogP contribution in [0.25, 0.3) is 0 Å². The fourth-order valence-electron chi connectivity index (χ4n) is 3.15. The molecule has 2 heterocycles. The molecule has 1 aliphatic heterocycles. The minimum absolute atomic E-state index is 0.722. The molecule has 21 heavy (non-hydrogen) atoms. The highest BCUT2D eigenvalue weighted by Crippen LogP contribution is 2.22. The Bertz CT molecular complexity index is 431. The van der Waals surface area contributed by atoms with Crippen LogP contribution in [0.4, 0.5) is 5.82 Å². The summed E-state index contributed by atoms with van der Waals surface area (Å²) >= 11 is 0. The number of rotatable bonds is 7. The lowest BCUT2D eigenvalue weighted by molar-refractivity contribution is 0.128. The van der Waals surface area contributed by atoms with Gasteiger partial charge in [-0.15, -0.1) is 0 Å². The second-order valence-electron chi connectivity index (χ2n) is 6.15. The molecule has 0 radical (unpaired) electrons. The number of hydrogen-bond donors (Lipinski definition) is 1. The lowest BCUT2D eigenvalue weighted by Gasteiger charge is -2.35. The summed E-state index contributed by atoms with van der Waals surface area (Å²) in [6.45, 7) is 9.57. The molecule has 4 heteroatoms. The van der Waals surface area contributed by atoms with Gasteiger partial charge in [-0.2, -0.15) is 0 Å². The van der Waals surface area contributed by atoms with E-state index in [0.29, 0.717) is 0 Å². The topological polar surface area (TPSA) is 41.1 Å². The molecule has 2 rings (SSSR count). The zero-order chi connectivity index (χ0) is 15.1. The molecule has 1 atom stereocenters. The first kappa shape index (κ1) is 16.2. The third kappa shape index (κ3) is 4.95. The Morgan fingerprint density at radius 2 is 2.10 bits per heavy atom. The lowest BCUT2D eigenvalue weighted by Crippen LogP contribution is -2.39. The number of hydrogen-bond acceptors (Lipinski definition) is 4. The van der Waals surface area contributed by atoms with Crippen molar-refractivity contribution in [3.05, 3.63) is 17.6 Å². The van der Waals surface area contributed by atoms with Crippen molar-refractivity contribution in [2.24, 2.45) is 0 Å². The van der Waals surface area contributed by atoms with Gasteiger partial charge in [-0.05, 0) is 39.2 Å². The molecule has 1 N–H and O–H groups in total. The SMILES string of the molecule is CCCNc1cc(C)nc(CN2CCCCC2CCC)n1. The average Bonchev–Trinajstić information content (AvgIpc) is 2.47. The van der Waals surface area contributed by atoms with E-state index < -0.39 is 0 Å². The van der Waals surface area contributed by atoms with Crippen molar-refractivity contribution < 1.29 is 0 Å². The first-order valence-corrected chi connectivity index (χ1v) is 8.55. The van der Waals surface area contributed by atoms with Gasteiger partial charge in [0.1, 0.15) is 11.6 Å². The smallest absolute Gasteiger partial charge is 0.144 e. The van der Waals surface area contributed by atoms with Crippen LogP contribution in [0.15, 0.2) is 6.07 Å². The van der Waals surface area contributed by atoms with Crippen molar-refractivity contribution >= 4 is 5.82 Å². The maximum absolute atomic E-state index is 4.70. The van der Waals surface area contributed by atoms with Crippen LogP contribution in [0.5, 0.6) is 0 Å². The number of nitrogens with zero attached hydrogens (tertiary/aromatic N) is 3. The minimum atomic E-state index is 0.722. The van der Waals surface area contributed by atoms with Crippen molar-refractivity contribution in [3.63, 3.8) is 0 Å². The van der Waals surface area contributed by atoms with Crippen molar-refractivity contribution in [1.82, 2.24) is 14.9 Å². The van der Waals surface area contributed by atoms with Crippen LogP contribution in [0, 0.1) is 6.92 Å². The second kappa shape index (κ2) is 8.32. The predicted molar refractivity (Wildman–Crippen MR) is 88.5 cm³/mol. The maximum atomic E-state index is 4.70. The summed E-state index contributed by atoms with van der Waals surface area (Å²) in [5, 5.41) is 3.38. The van der Waals surface area contributed by atoms with E-state index in [-0.39, 0.29) is 0 Å². The summed E-state index contributed by atoms with van der Waals surface area (Å²) < 4.78 is 0. The number of anilines is 1. The Hall–Kier alpha value is -1.16. The predicted octanol–water partition coefficient (Wildman–Crippen LogP) is 3.76. The van der Waals surface area contributed by atoms with Crippen LogP contribution in [0.1, 0.15) is 63.9 Å². The van der Waals surface area contributed by atoms with Gasteiger partial charge in [-0.3, -0.25) is 4.90 Å². The molecular weight excluding hydrogens is 260 g/mol. The first-order valence-electron chi connectivity index (χ1n) is 8.55. The average molecular weight is 290 g/mol. The highest BCUT2D eigenvalue weighted by Gasteiger charge is 2.22. The highest BCUT2D eigenvalue weighted by atomic mass is 15.2. The minimum Gasteiger partial charge on any atom is -0.370 e. The Labute approximate surface area is 129 Å². The molecule has 1 aromatic rings. The monoisotopic (exact) mass is 290 g/mol. The van der Waals surface area contributed by atoms with Gasteiger partial charge in [0.15, 0.2) is 0 Å². The number of aryl methyl sites for hydroxylation is 1. The summed E-state index contributed by atoms with van der Waals surface area (Å²) in [4.78, 5) is 11.9. The van der Waals surface area contributed by atoms with Crippen LogP contribution in [0.2, 0.25) is 0 Å². The molecule has 0 saturated carbocycles. The van der Waals surface area contributed by atoms with Gasteiger partial charge in [0.2, 0.25) is 0 Å². The highest BCUT2D eigenvalue weighted by molar-refractivity contribution is 5.35. The van der Waals surface area contributed by atoms with Gasteiger partial charge in [0, 0.05) is 24.3 Å². The lowest BCUT2D eigenvalue weighted by atomic mass is 9.98. The van der Waals surface area contributed by atoms with Gasteiger partial charge in [-0.1, -0.05) is 26.7 Å². The van der Waals surface area contributed by atoms with E-state index in [1.807, 2.05) is 6.07 Å². The van der Waals surface area contributed by atoms with E-state index in [1.165, 1.54) is 38.6 Å². The quantitative estimate of drug-likeness (QED) is 0.830. The third-order valence-corrected chi connectivity index (χ3v) is 4.17. The number of likely N-dealkylation sites (tertiary alicyclic amines) is 1. The number of aromatic nitrogens is 2. The number of piperidine rings is 1. The zero-order valence-electron chi connectivity index (χ0n) is 13.9. The molecule has 0 bridgehead atoms. The van der Waals surface area contributed by atoms with Gasteiger partial charge in [0.05, 0.1) is 6.54 Å². The Morgan fingerprint density at radius 1 is 1.24 bits per heavy atom. The summed E-state index contributed by atoms with van der Waals surface area (Å²) in [7, 11) is 0. The summed E-state index contributed by atoms with van der Waals surface area (Å²) in [6, 6.07) is 2.76. The molecule has 4 nitrogen and oxygen atoms in total. The molecular formula is C17H30N4. The van der Waals surface area contributed by atoms with Gasteiger partial charge < -0.3 is 5.32 Å². The maximum Gasteiger partial charge on any atom is 0.144 e. The van der Waals surface area contributed by atoms with Crippen molar-refractivity contribution in [2.75, 3.05) is 18.4 Å². The largest absolute Gasteiger partial charge is 0.370 e. The van der Waals surface area contributed by atoms with Gasteiger partial charge in [-0.25, -0.2) is 9.97 Å². The van der Waals surface area contributed by atoms with Crippen LogP contribution >= 0.6 is 0 Å². The van der Waals surface area contributed by atoms with Crippen molar-refractivity contribution in [1.29, 1.82) is 0 Å². The molecule has 1 saturated heterocycles. The van der Waals surface area contributed by atoms with Crippen LogP contribution in [-0.2, 0) is 6.54 Å². The third-order valence-electron chi connectivity index (χ3n) is 4.17. The molecule has 118 valence electrons. The van der Waals surface area contributed by atoms with Gasteiger partial charge >= 0.3 is 0 Å². The summed E-state index contributed by atoms with van der Waals surface area (Å²) in [6.07, 6.45) is 7.70. The van der Waals surface area contributed by atoms with E-state index >= 15 is 0 Å². The fraction of sp³-hybridized carbons (Fsp3) is 0.765. The molecule has 1 aromatic heterocycles. The zero-order valence-corrected chi connectivity index (χ0v) is 13.9. The fourth-order valence-corrected chi connectivity index (χ4v) is 3.15. The Balaban J connectivity index is 2.04. The Kier molecular flexibility index (Phi) is 6.43. The second-order valence-corrected chi connectivity index (χ2v) is 6.15. The Morgan fingerprint density at radius 3 is 2.86 bits per heavy atom.